The molecule has 2 bridgehead atoms. The first-order valence-electron chi connectivity index (χ1n) is 9.94. The second-order valence-corrected chi connectivity index (χ2v) is 7.93. The lowest BCUT2D eigenvalue weighted by Gasteiger charge is -2.35. The number of Topliss-reactive ketones (excluding diaryl/α,β-unsaturated/α-hetero) is 1. The highest BCUT2D eigenvalue weighted by Gasteiger charge is 2.41. The Hall–Kier alpha value is -2.53. The predicted molar refractivity (Wildman–Crippen MR) is 104 cm³/mol. The van der Waals surface area contributed by atoms with Gasteiger partial charge in [-0.3, -0.25) is 9.69 Å². The van der Waals surface area contributed by atoms with Crippen LogP contribution in [0.25, 0.3) is 10.9 Å². The molecule has 1 N–H and O–H groups in total. The van der Waals surface area contributed by atoms with Gasteiger partial charge in [-0.2, -0.15) is 0 Å². The van der Waals surface area contributed by atoms with E-state index in [1.54, 1.807) is 18.2 Å². The summed E-state index contributed by atoms with van der Waals surface area (Å²) in [4.78, 5) is 18.3. The zero-order valence-electron chi connectivity index (χ0n) is 15.6. The number of hydrogen-bond acceptors (Lipinski definition) is 2. The first-order chi connectivity index (χ1) is 13.6. The normalized spacial score (nSPS) is 21.2. The van der Waals surface area contributed by atoms with Crippen LogP contribution in [0.5, 0.6) is 0 Å². The average Bonchev–Trinajstić information content (AvgIpc) is 3.18. The van der Waals surface area contributed by atoms with Crippen molar-refractivity contribution < 1.29 is 13.6 Å². The number of nitrogens with one attached hydrogen (secondary N) is 1. The largest absolute Gasteiger partial charge is 0.358 e. The molecule has 1 fully saturated rings. The number of aromatic amines is 1. The van der Waals surface area contributed by atoms with Crippen molar-refractivity contribution in [2.24, 2.45) is 0 Å². The molecule has 3 aromatic rings. The molecule has 3 heterocycles. The second kappa shape index (κ2) is 6.82. The average molecular weight is 380 g/mol. The molecule has 0 unspecified atom stereocenters. The van der Waals surface area contributed by atoms with Crippen LogP contribution in [-0.2, 0) is 6.42 Å². The van der Waals surface area contributed by atoms with Gasteiger partial charge in [0.1, 0.15) is 11.6 Å². The summed E-state index contributed by atoms with van der Waals surface area (Å²) < 4.78 is 26.8. The van der Waals surface area contributed by atoms with Gasteiger partial charge in [-0.25, -0.2) is 8.78 Å². The quantitative estimate of drug-likeness (QED) is 0.620. The maximum atomic E-state index is 13.8. The second-order valence-electron chi connectivity index (χ2n) is 7.93. The molecule has 0 radical (unpaired) electrons. The van der Waals surface area contributed by atoms with Crippen molar-refractivity contribution in [2.75, 3.05) is 6.54 Å². The van der Waals surface area contributed by atoms with E-state index in [-0.39, 0.29) is 17.4 Å². The van der Waals surface area contributed by atoms with Gasteiger partial charge in [-0.15, -0.1) is 0 Å². The maximum absolute atomic E-state index is 13.8. The standard InChI is InChI=1S/C23H22F2N2O/c24-15-5-3-14(4-6-15)22(28)2-1-11-27-17-8-10-21(27)23-18-12-16(25)7-9-19(18)26-20(23)13-17/h3-7,9,12,17,21,26H,1-2,8,10-11,13H2/t17-,21+/m0/s1. The van der Waals surface area contributed by atoms with Gasteiger partial charge >= 0.3 is 0 Å². The molecule has 0 spiro atoms. The Kier molecular flexibility index (Phi) is 4.27. The van der Waals surface area contributed by atoms with Crippen molar-refractivity contribution in [3.8, 4) is 0 Å². The summed E-state index contributed by atoms with van der Waals surface area (Å²) in [6, 6.07) is 11.5. The molecule has 2 aromatic carbocycles. The van der Waals surface area contributed by atoms with Gasteiger partial charge in [0.15, 0.2) is 5.78 Å². The summed E-state index contributed by atoms with van der Waals surface area (Å²) in [7, 11) is 0. The molecular formula is C23H22F2N2O. The molecule has 1 saturated heterocycles. The summed E-state index contributed by atoms with van der Waals surface area (Å²) in [6.07, 6.45) is 4.39. The number of benzene rings is 2. The van der Waals surface area contributed by atoms with E-state index in [4.69, 9.17) is 0 Å². The fourth-order valence-corrected chi connectivity index (χ4v) is 5.02. The van der Waals surface area contributed by atoms with Crippen LogP contribution >= 0.6 is 0 Å². The summed E-state index contributed by atoms with van der Waals surface area (Å²) in [5, 5.41) is 0.993. The molecule has 28 heavy (non-hydrogen) atoms. The molecule has 2 atom stereocenters. The van der Waals surface area contributed by atoms with Crippen molar-refractivity contribution in [1.29, 1.82) is 0 Å². The van der Waals surface area contributed by atoms with E-state index in [2.05, 4.69) is 9.88 Å². The van der Waals surface area contributed by atoms with Gasteiger partial charge in [0.05, 0.1) is 0 Å². The van der Waals surface area contributed by atoms with Crippen molar-refractivity contribution in [1.82, 2.24) is 9.88 Å². The van der Waals surface area contributed by atoms with Gasteiger partial charge < -0.3 is 4.98 Å². The van der Waals surface area contributed by atoms with E-state index >= 15 is 0 Å². The molecule has 5 rings (SSSR count). The Balaban J connectivity index is 1.31. The van der Waals surface area contributed by atoms with Crippen LogP contribution in [0.15, 0.2) is 42.5 Å². The lowest BCUT2D eigenvalue weighted by atomic mass is 9.96. The minimum absolute atomic E-state index is 0.0548. The van der Waals surface area contributed by atoms with Crippen LogP contribution in [0.4, 0.5) is 8.78 Å². The molecule has 0 aliphatic carbocycles. The number of carbonyl (C=O) groups is 1. The Bertz CT molecular complexity index is 1040. The minimum atomic E-state index is -0.326. The number of H-pyrrole nitrogens is 1. The number of aromatic nitrogens is 1. The van der Waals surface area contributed by atoms with Crippen LogP contribution in [0, 0.1) is 11.6 Å². The first-order valence-corrected chi connectivity index (χ1v) is 9.94. The van der Waals surface area contributed by atoms with E-state index in [0.29, 0.717) is 24.1 Å². The first kappa shape index (κ1) is 17.6. The van der Waals surface area contributed by atoms with Crippen molar-refractivity contribution in [3.05, 3.63) is 70.9 Å². The molecule has 0 amide bonds. The van der Waals surface area contributed by atoms with Crippen LogP contribution in [0.2, 0.25) is 0 Å². The summed E-state index contributed by atoms with van der Waals surface area (Å²) in [6.45, 7) is 0.851. The lowest BCUT2D eigenvalue weighted by molar-refractivity contribution is 0.0966. The third-order valence-corrected chi connectivity index (χ3v) is 6.28. The third-order valence-electron chi connectivity index (χ3n) is 6.28. The highest BCUT2D eigenvalue weighted by Crippen LogP contribution is 2.46. The molecule has 2 aliphatic rings. The number of fused-ring (bicyclic) bond motifs is 6. The molecule has 3 nitrogen and oxygen atoms in total. The van der Waals surface area contributed by atoms with Gasteiger partial charge in [-0.05, 0) is 73.8 Å². The van der Waals surface area contributed by atoms with E-state index in [0.717, 1.165) is 43.1 Å². The Morgan fingerprint density at radius 2 is 1.86 bits per heavy atom. The predicted octanol–water partition coefficient (Wildman–Crippen LogP) is 5.17. The number of ketones is 1. The van der Waals surface area contributed by atoms with Crippen LogP contribution in [0.1, 0.15) is 53.3 Å². The topological polar surface area (TPSA) is 36.1 Å². The third kappa shape index (κ3) is 2.94. The van der Waals surface area contributed by atoms with Crippen LogP contribution < -0.4 is 0 Å². The van der Waals surface area contributed by atoms with Crippen LogP contribution in [0.3, 0.4) is 0 Å². The van der Waals surface area contributed by atoms with E-state index < -0.39 is 0 Å². The Morgan fingerprint density at radius 1 is 1.07 bits per heavy atom. The number of rotatable bonds is 5. The van der Waals surface area contributed by atoms with E-state index in [1.807, 2.05) is 6.07 Å². The number of nitrogens with zero attached hydrogens (tertiary/aromatic N) is 1. The Labute approximate surface area is 162 Å². The number of hydrogen-bond donors (Lipinski definition) is 1. The van der Waals surface area contributed by atoms with Gasteiger partial charge in [0, 0.05) is 47.1 Å². The fourth-order valence-electron chi connectivity index (χ4n) is 5.02. The molecular weight excluding hydrogens is 358 g/mol. The summed E-state index contributed by atoms with van der Waals surface area (Å²) in [5.41, 5.74) is 4.06. The van der Waals surface area contributed by atoms with Crippen LogP contribution in [-0.4, -0.2) is 28.3 Å². The number of carbonyl (C=O) groups excluding carboxylic acids is 1. The molecule has 2 aliphatic heterocycles. The lowest BCUT2D eigenvalue weighted by Crippen LogP contribution is -2.38. The molecule has 0 saturated carbocycles. The zero-order chi connectivity index (χ0) is 19.3. The van der Waals surface area contributed by atoms with E-state index in [9.17, 15) is 13.6 Å². The van der Waals surface area contributed by atoms with Gasteiger partial charge in [-0.1, -0.05) is 0 Å². The van der Waals surface area contributed by atoms with Gasteiger partial charge in [0.2, 0.25) is 0 Å². The Morgan fingerprint density at radius 3 is 2.68 bits per heavy atom. The summed E-state index contributed by atoms with van der Waals surface area (Å²) in [5.74, 6) is -0.475. The summed E-state index contributed by atoms with van der Waals surface area (Å²) >= 11 is 0. The fraction of sp³-hybridized carbons (Fsp3) is 0.348. The molecule has 5 heteroatoms. The smallest absolute Gasteiger partial charge is 0.162 e. The van der Waals surface area contributed by atoms with Crippen molar-refractivity contribution in [2.45, 2.75) is 44.2 Å². The van der Waals surface area contributed by atoms with Crippen molar-refractivity contribution in [3.63, 3.8) is 0 Å². The highest BCUT2D eigenvalue weighted by molar-refractivity contribution is 5.96. The van der Waals surface area contributed by atoms with Gasteiger partial charge in [0.25, 0.3) is 0 Å². The molecule has 144 valence electrons. The zero-order valence-corrected chi connectivity index (χ0v) is 15.6. The van der Waals surface area contributed by atoms with Crippen molar-refractivity contribution >= 4 is 16.7 Å². The minimum Gasteiger partial charge on any atom is -0.358 e. The molecule has 1 aromatic heterocycles. The highest BCUT2D eigenvalue weighted by atomic mass is 19.1. The SMILES string of the molecule is O=C(CCCN1[C@H]2CC[C@@H]1c1c([nH]c3ccc(F)cc13)C2)c1ccc(F)cc1. The number of halogens is 2. The van der Waals surface area contributed by atoms with E-state index in [1.165, 1.54) is 29.5 Å². The maximum Gasteiger partial charge on any atom is 0.162 e. The monoisotopic (exact) mass is 380 g/mol.